The van der Waals surface area contributed by atoms with Gasteiger partial charge in [-0.05, 0) is 24.5 Å². The van der Waals surface area contributed by atoms with Gasteiger partial charge in [0.25, 0.3) is 0 Å². The average molecular weight is 327 g/mol. The van der Waals surface area contributed by atoms with Crippen molar-refractivity contribution >= 4 is 21.8 Å². The maximum Gasteiger partial charge on any atom is 0.249 e. The van der Waals surface area contributed by atoms with Gasteiger partial charge in [-0.25, -0.2) is 0 Å². The molecule has 0 bridgehead atoms. The van der Waals surface area contributed by atoms with E-state index in [1.807, 2.05) is 29.2 Å². The number of hydrogen-bond acceptors (Lipinski definition) is 3. The summed E-state index contributed by atoms with van der Waals surface area (Å²) >= 11 is 3.52. The van der Waals surface area contributed by atoms with Crippen molar-refractivity contribution in [3.8, 4) is 0 Å². The highest BCUT2D eigenvalue weighted by Crippen LogP contribution is 2.29. The summed E-state index contributed by atoms with van der Waals surface area (Å²) < 4.78 is 6.28. The molecule has 5 heteroatoms. The smallest absolute Gasteiger partial charge is 0.249 e. The molecule has 0 spiro atoms. The molecule has 0 radical (unpaired) electrons. The third-order valence-electron chi connectivity index (χ3n) is 3.09. The van der Waals surface area contributed by atoms with Crippen molar-refractivity contribution in [1.29, 1.82) is 0 Å². The second-order valence-corrected chi connectivity index (χ2v) is 5.54. The van der Waals surface area contributed by atoms with Crippen LogP contribution in [-0.2, 0) is 16.1 Å². The van der Waals surface area contributed by atoms with Gasteiger partial charge in [-0.15, -0.1) is 0 Å². The van der Waals surface area contributed by atoms with Crippen LogP contribution in [0.5, 0.6) is 0 Å². The molecule has 1 amide bonds. The molecule has 1 aromatic rings. The monoisotopic (exact) mass is 326 g/mol. The molecule has 2 N–H and O–H groups in total. The van der Waals surface area contributed by atoms with E-state index in [4.69, 9.17) is 10.5 Å². The van der Waals surface area contributed by atoms with Crippen molar-refractivity contribution in [3.63, 3.8) is 0 Å². The minimum atomic E-state index is 0.0479. The van der Waals surface area contributed by atoms with Gasteiger partial charge in [-0.3, -0.25) is 4.79 Å². The normalized spacial score (nSPS) is 14.4. The summed E-state index contributed by atoms with van der Waals surface area (Å²) in [6.45, 7) is 1.63. The lowest BCUT2D eigenvalue weighted by Crippen LogP contribution is -2.36. The van der Waals surface area contributed by atoms with Gasteiger partial charge in [0, 0.05) is 23.6 Å². The van der Waals surface area contributed by atoms with Gasteiger partial charge in [-0.2, -0.15) is 0 Å². The zero-order valence-corrected chi connectivity index (χ0v) is 12.4. The fraction of sp³-hybridized carbons (Fsp3) is 0.500. The van der Waals surface area contributed by atoms with Crippen molar-refractivity contribution in [1.82, 2.24) is 4.90 Å². The number of carbonyl (C=O) groups excluding carboxylic acids is 1. The van der Waals surface area contributed by atoms with Crippen molar-refractivity contribution < 1.29 is 9.53 Å². The molecule has 2 rings (SSSR count). The summed E-state index contributed by atoms with van der Waals surface area (Å²) in [5.74, 6) is 0.0479. The van der Waals surface area contributed by atoms with Crippen molar-refractivity contribution in [2.45, 2.75) is 25.4 Å². The largest absolute Gasteiger partial charge is 0.370 e. The van der Waals surface area contributed by atoms with Crippen molar-refractivity contribution in [2.75, 3.05) is 19.8 Å². The fourth-order valence-corrected chi connectivity index (χ4v) is 2.35. The highest BCUT2D eigenvalue weighted by atomic mass is 79.9. The summed E-state index contributed by atoms with van der Waals surface area (Å²) in [7, 11) is 0. The van der Waals surface area contributed by atoms with Crippen LogP contribution >= 0.6 is 15.9 Å². The van der Waals surface area contributed by atoms with E-state index in [1.54, 1.807) is 0 Å². The maximum absolute atomic E-state index is 12.2. The van der Waals surface area contributed by atoms with E-state index in [9.17, 15) is 4.79 Å². The molecule has 1 saturated carbocycles. The lowest BCUT2D eigenvalue weighted by molar-refractivity contribution is -0.137. The Morgan fingerprint density at radius 3 is 2.79 bits per heavy atom. The molecule has 4 nitrogen and oxygen atoms in total. The molecule has 0 atom stereocenters. The van der Waals surface area contributed by atoms with Crippen LogP contribution in [0.25, 0.3) is 0 Å². The number of ether oxygens (including phenoxy) is 1. The Morgan fingerprint density at radius 1 is 1.42 bits per heavy atom. The predicted molar refractivity (Wildman–Crippen MR) is 77.6 cm³/mol. The number of halogens is 1. The lowest BCUT2D eigenvalue weighted by Gasteiger charge is -2.23. The maximum atomic E-state index is 12.2. The Balaban J connectivity index is 1.96. The van der Waals surface area contributed by atoms with E-state index in [2.05, 4.69) is 15.9 Å². The van der Waals surface area contributed by atoms with Crippen molar-refractivity contribution in [3.05, 3.63) is 34.3 Å². The van der Waals surface area contributed by atoms with E-state index < -0.39 is 0 Å². The number of nitrogens with zero attached hydrogens (tertiary/aromatic N) is 1. The van der Waals surface area contributed by atoms with E-state index in [0.29, 0.717) is 25.7 Å². The van der Waals surface area contributed by atoms with Crippen LogP contribution in [0.15, 0.2) is 28.7 Å². The average Bonchev–Trinajstić information content (AvgIpc) is 3.22. The molecule has 19 heavy (non-hydrogen) atoms. The number of rotatable bonds is 7. The SMILES string of the molecule is NCCOCC(=O)N(Cc1ccccc1Br)C1CC1. The Morgan fingerprint density at radius 2 is 2.16 bits per heavy atom. The van der Waals surface area contributed by atoms with Crippen LogP contribution in [0.1, 0.15) is 18.4 Å². The third-order valence-corrected chi connectivity index (χ3v) is 3.87. The van der Waals surface area contributed by atoms with Gasteiger partial charge in [0.15, 0.2) is 0 Å². The van der Waals surface area contributed by atoms with Crippen LogP contribution in [0.2, 0.25) is 0 Å². The van der Waals surface area contributed by atoms with Crippen LogP contribution in [0.4, 0.5) is 0 Å². The predicted octanol–water partition coefficient (Wildman–Crippen LogP) is 1.92. The van der Waals surface area contributed by atoms with Gasteiger partial charge >= 0.3 is 0 Å². The summed E-state index contributed by atoms with van der Waals surface area (Å²) in [6, 6.07) is 8.37. The van der Waals surface area contributed by atoms with Crippen LogP contribution in [-0.4, -0.2) is 36.6 Å². The molecular weight excluding hydrogens is 308 g/mol. The molecule has 1 aliphatic carbocycles. The number of amides is 1. The molecule has 1 aromatic carbocycles. The van der Waals surface area contributed by atoms with Gasteiger partial charge in [0.05, 0.1) is 6.61 Å². The van der Waals surface area contributed by atoms with E-state index in [-0.39, 0.29) is 12.5 Å². The highest BCUT2D eigenvalue weighted by Gasteiger charge is 2.32. The Kier molecular flexibility index (Phi) is 5.36. The zero-order chi connectivity index (χ0) is 13.7. The summed E-state index contributed by atoms with van der Waals surface area (Å²) in [5, 5.41) is 0. The first-order valence-corrected chi connectivity index (χ1v) is 7.32. The number of benzene rings is 1. The number of nitrogens with two attached hydrogens (primary N) is 1. The first kappa shape index (κ1) is 14.5. The topological polar surface area (TPSA) is 55.6 Å². The van der Waals surface area contributed by atoms with E-state index >= 15 is 0 Å². The highest BCUT2D eigenvalue weighted by molar-refractivity contribution is 9.10. The molecule has 104 valence electrons. The second-order valence-electron chi connectivity index (χ2n) is 4.69. The Hall–Kier alpha value is -0.910. The molecular formula is C14H19BrN2O2. The van der Waals surface area contributed by atoms with Gasteiger partial charge in [0.2, 0.25) is 5.91 Å². The van der Waals surface area contributed by atoms with Gasteiger partial charge in [0.1, 0.15) is 6.61 Å². The Bertz CT molecular complexity index is 435. The van der Waals surface area contributed by atoms with Crippen molar-refractivity contribution in [2.24, 2.45) is 5.73 Å². The van der Waals surface area contributed by atoms with E-state index in [1.165, 1.54) is 0 Å². The number of hydrogen-bond donors (Lipinski definition) is 1. The summed E-state index contributed by atoms with van der Waals surface area (Å²) in [4.78, 5) is 14.1. The van der Waals surface area contributed by atoms with E-state index in [0.717, 1.165) is 22.9 Å². The molecule has 0 aliphatic heterocycles. The standard InChI is InChI=1S/C14H19BrN2O2/c15-13-4-2-1-3-11(13)9-17(12-5-6-12)14(18)10-19-8-7-16/h1-4,12H,5-10,16H2. The first-order chi connectivity index (χ1) is 9.22. The van der Waals surface area contributed by atoms with Crippen LogP contribution in [0.3, 0.4) is 0 Å². The third kappa shape index (κ3) is 4.30. The minimum absolute atomic E-state index is 0.0479. The quantitative estimate of drug-likeness (QED) is 0.779. The Labute approximate surface area is 122 Å². The molecule has 0 unspecified atom stereocenters. The second kappa shape index (κ2) is 7.03. The fourth-order valence-electron chi connectivity index (χ4n) is 1.94. The first-order valence-electron chi connectivity index (χ1n) is 6.53. The lowest BCUT2D eigenvalue weighted by atomic mass is 10.2. The van der Waals surface area contributed by atoms with Gasteiger partial charge < -0.3 is 15.4 Å². The minimum Gasteiger partial charge on any atom is -0.370 e. The van der Waals surface area contributed by atoms with Crippen LogP contribution in [0, 0.1) is 0 Å². The number of carbonyl (C=O) groups is 1. The van der Waals surface area contributed by atoms with Crippen LogP contribution < -0.4 is 5.73 Å². The molecule has 0 aromatic heterocycles. The molecule has 1 fully saturated rings. The summed E-state index contributed by atoms with van der Waals surface area (Å²) in [6.07, 6.45) is 2.18. The molecule has 1 aliphatic rings. The van der Waals surface area contributed by atoms with Gasteiger partial charge in [-0.1, -0.05) is 34.1 Å². The summed E-state index contributed by atoms with van der Waals surface area (Å²) in [5.41, 5.74) is 6.48. The zero-order valence-electron chi connectivity index (χ0n) is 10.8. The molecule has 0 saturated heterocycles. The molecule has 0 heterocycles.